The van der Waals surface area contributed by atoms with Crippen molar-refractivity contribution in [2.24, 2.45) is 0 Å². The van der Waals surface area contributed by atoms with Crippen LogP contribution in [0, 0.1) is 0 Å². The fourth-order valence-corrected chi connectivity index (χ4v) is 1.87. The van der Waals surface area contributed by atoms with Crippen molar-refractivity contribution in [3.63, 3.8) is 0 Å². The highest BCUT2D eigenvalue weighted by molar-refractivity contribution is 5.37. The lowest BCUT2D eigenvalue weighted by Gasteiger charge is -2.21. The van der Waals surface area contributed by atoms with Gasteiger partial charge in [0.2, 0.25) is 0 Å². The van der Waals surface area contributed by atoms with Crippen molar-refractivity contribution in [3.8, 4) is 0 Å². The van der Waals surface area contributed by atoms with Crippen LogP contribution in [0.25, 0.3) is 0 Å². The Bertz CT molecular complexity index is 431. The lowest BCUT2D eigenvalue weighted by Crippen LogP contribution is -2.21. The molecule has 108 valence electrons. The predicted molar refractivity (Wildman–Crippen MR) is 58.5 cm³/mol. The molecule has 0 radical (unpaired) electrons. The number of halogens is 6. The van der Waals surface area contributed by atoms with Gasteiger partial charge in [0.15, 0.2) is 0 Å². The van der Waals surface area contributed by atoms with Crippen molar-refractivity contribution >= 4 is 0 Å². The van der Waals surface area contributed by atoms with Crippen molar-refractivity contribution in [2.75, 3.05) is 7.05 Å². The molecule has 0 bridgehead atoms. The van der Waals surface area contributed by atoms with Gasteiger partial charge in [0.05, 0.1) is 11.1 Å². The molecule has 1 rings (SSSR count). The summed E-state index contributed by atoms with van der Waals surface area (Å²) >= 11 is 0. The molecule has 19 heavy (non-hydrogen) atoms. The monoisotopic (exact) mass is 285 g/mol. The largest absolute Gasteiger partial charge is 0.416 e. The number of nitrogens with one attached hydrogen (secondary N) is 1. The highest BCUT2D eigenvalue weighted by atomic mass is 19.4. The number of hydrogen-bond acceptors (Lipinski definition) is 1. The summed E-state index contributed by atoms with van der Waals surface area (Å²) in [4.78, 5) is 0. The number of benzene rings is 1. The number of alkyl halides is 6. The van der Waals surface area contributed by atoms with Gasteiger partial charge < -0.3 is 5.32 Å². The summed E-state index contributed by atoms with van der Waals surface area (Å²) in [5.41, 5.74) is -2.50. The van der Waals surface area contributed by atoms with E-state index in [1.165, 1.54) is 7.05 Å². The molecule has 0 aromatic heterocycles. The van der Waals surface area contributed by atoms with Crippen LogP contribution >= 0.6 is 0 Å². The molecule has 0 spiro atoms. The van der Waals surface area contributed by atoms with Crippen molar-refractivity contribution < 1.29 is 26.3 Å². The Morgan fingerprint density at radius 2 is 1.63 bits per heavy atom. The highest BCUT2D eigenvalue weighted by Crippen LogP contribution is 2.39. The summed E-state index contributed by atoms with van der Waals surface area (Å²) in [6, 6.07) is 0.722. The summed E-state index contributed by atoms with van der Waals surface area (Å²) in [6.45, 7) is 1.60. The molecule has 1 unspecified atom stereocenters. The van der Waals surface area contributed by atoms with Gasteiger partial charge in [0, 0.05) is 6.04 Å². The van der Waals surface area contributed by atoms with Gasteiger partial charge in [-0.05, 0) is 37.2 Å². The maximum absolute atomic E-state index is 12.8. The molecule has 1 aromatic carbocycles. The molecule has 1 aromatic rings. The van der Waals surface area contributed by atoms with E-state index in [4.69, 9.17) is 0 Å². The fraction of sp³-hybridized carbons (Fsp3) is 0.500. The summed E-state index contributed by atoms with van der Waals surface area (Å²) in [5, 5.41) is 2.59. The van der Waals surface area contributed by atoms with E-state index in [1.807, 2.05) is 0 Å². The molecule has 0 fully saturated rings. The van der Waals surface area contributed by atoms with Crippen molar-refractivity contribution in [1.29, 1.82) is 0 Å². The lowest BCUT2D eigenvalue weighted by atomic mass is 9.95. The maximum atomic E-state index is 12.8. The Morgan fingerprint density at radius 3 is 2.00 bits per heavy atom. The standard InChI is InChI=1S/C12H13F6N/c1-3-10(19-2)8-6-7(11(13,14)15)4-5-9(8)12(16,17)18/h4-6,10,19H,3H2,1-2H3. The maximum Gasteiger partial charge on any atom is 0.416 e. The van der Waals surface area contributed by atoms with Gasteiger partial charge in [-0.1, -0.05) is 6.92 Å². The van der Waals surface area contributed by atoms with Gasteiger partial charge in [-0.15, -0.1) is 0 Å². The molecule has 1 N–H and O–H groups in total. The summed E-state index contributed by atoms with van der Waals surface area (Å²) < 4.78 is 76.1. The molecule has 0 amide bonds. The van der Waals surface area contributed by atoms with Gasteiger partial charge in [0.1, 0.15) is 0 Å². The lowest BCUT2D eigenvalue weighted by molar-refractivity contribution is -0.142. The number of hydrogen-bond donors (Lipinski definition) is 1. The van der Waals surface area contributed by atoms with E-state index < -0.39 is 29.5 Å². The van der Waals surface area contributed by atoms with Crippen LogP contribution in [0.3, 0.4) is 0 Å². The normalized spacial score (nSPS) is 14.5. The summed E-state index contributed by atoms with van der Waals surface area (Å²) in [7, 11) is 1.41. The third-order valence-electron chi connectivity index (χ3n) is 2.82. The first-order valence-corrected chi connectivity index (χ1v) is 5.56. The first-order valence-electron chi connectivity index (χ1n) is 5.56. The van der Waals surface area contributed by atoms with Crippen molar-refractivity contribution in [3.05, 3.63) is 34.9 Å². The fourth-order valence-electron chi connectivity index (χ4n) is 1.87. The van der Waals surface area contributed by atoms with Gasteiger partial charge in [0.25, 0.3) is 0 Å². The summed E-state index contributed by atoms with van der Waals surface area (Å²) in [5.74, 6) is 0. The molecular weight excluding hydrogens is 272 g/mol. The van der Waals surface area contributed by atoms with Crippen LogP contribution in [0.1, 0.15) is 36.1 Å². The van der Waals surface area contributed by atoms with Crippen molar-refractivity contribution in [1.82, 2.24) is 5.32 Å². The zero-order valence-corrected chi connectivity index (χ0v) is 10.3. The Labute approximate surface area is 106 Å². The SMILES string of the molecule is CCC(NC)c1cc(C(F)(F)F)ccc1C(F)(F)F. The van der Waals surface area contributed by atoms with E-state index in [1.54, 1.807) is 6.92 Å². The average molecular weight is 285 g/mol. The second-order valence-electron chi connectivity index (χ2n) is 4.05. The molecule has 7 heteroatoms. The Balaban J connectivity index is 3.43. The molecule has 0 heterocycles. The van der Waals surface area contributed by atoms with E-state index in [0.717, 1.165) is 0 Å². The van der Waals surface area contributed by atoms with E-state index in [2.05, 4.69) is 5.32 Å². The second kappa shape index (κ2) is 5.40. The molecule has 1 nitrogen and oxygen atoms in total. The molecule has 0 saturated heterocycles. The molecule has 0 saturated carbocycles. The summed E-state index contributed by atoms with van der Waals surface area (Å²) in [6.07, 6.45) is -9.09. The number of rotatable bonds is 3. The van der Waals surface area contributed by atoms with Crippen LogP contribution in [0.4, 0.5) is 26.3 Å². The molecule has 1 atom stereocenters. The van der Waals surface area contributed by atoms with Gasteiger partial charge >= 0.3 is 12.4 Å². The Kier molecular flexibility index (Phi) is 4.50. The van der Waals surface area contributed by atoms with Crippen LogP contribution in [-0.4, -0.2) is 7.05 Å². The first kappa shape index (κ1) is 15.8. The molecule has 0 aliphatic carbocycles. The molecule has 0 aliphatic heterocycles. The Hall–Kier alpha value is -1.24. The highest BCUT2D eigenvalue weighted by Gasteiger charge is 2.38. The quantitative estimate of drug-likeness (QED) is 0.812. The second-order valence-corrected chi connectivity index (χ2v) is 4.05. The molecule has 0 aliphatic rings. The van der Waals surface area contributed by atoms with E-state index in [0.29, 0.717) is 18.2 Å². The topological polar surface area (TPSA) is 12.0 Å². The van der Waals surface area contributed by atoms with Crippen LogP contribution < -0.4 is 5.32 Å². The third kappa shape index (κ3) is 3.62. The van der Waals surface area contributed by atoms with Crippen LogP contribution in [0.15, 0.2) is 18.2 Å². The van der Waals surface area contributed by atoms with Crippen LogP contribution in [0.2, 0.25) is 0 Å². The van der Waals surface area contributed by atoms with Crippen molar-refractivity contribution in [2.45, 2.75) is 31.7 Å². The average Bonchev–Trinajstić information content (AvgIpc) is 2.28. The molecular formula is C12H13F6N. The van der Waals surface area contributed by atoms with E-state index in [9.17, 15) is 26.3 Å². The van der Waals surface area contributed by atoms with Gasteiger partial charge in [-0.25, -0.2) is 0 Å². The van der Waals surface area contributed by atoms with Gasteiger partial charge in [-0.3, -0.25) is 0 Å². The minimum absolute atomic E-state index is 0.251. The third-order valence-corrected chi connectivity index (χ3v) is 2.82. The minimum atomic E-state index is -4.68. The first-order chi connectivity index (χ1) is 8.61. The Morgan fingerprint density at radius 1 is 1.05 bits per heavy atom. The smallest absolute Gasteiger partial charge is 0.313 e. The van der Waals surface area contributed by atoms with Gasteiger partial charge in [-0.2, -0.15) is 26.3 Å². The van der Waals surface area contributed by atoms with Crippen LogP contribution in [0.5, 0.6) is 0 Å². The predicted octanol–water partition coefficient (Wildman–Crippen LogP) is 4.39. The van der Waals surface area contributed by atoms with E-state index in [-0.39, 0.29) is 12.0 Å². The zero-order valence-electron chi connectivity index (χ0n) is 10.3. The van der Waals surface area contributed by atoms with Crippen LogP contribution in [-0.2, 0) is 12.4 Å². The van der Waals surface area contributed by atoms with E-state index >= 15 is 0 Å². The minimum Gasteiger partial charge on any atom is -0.313 e. The zero-order chi connectivity index (χ0) is 14.8.